The van der Waals surface area contributed by atoms with E-state index in [1.807, 2.05) is 0 Å². The van der Waals surface area contributed by atoms with Crippen molar-refractivity contribution < 1.29 is 22.4 Å². The molecule has 0 bridgehead atoms. The quantitative estimate of drug-likeness (QED) is 0.517. The largest absolute Gasteiger partial charge is 0.465 e. The zero-order valence-electron chi connectivity index (χ0n) is 14.6. The summed E-state index contributed by atoms with van der Waals surface area (Å²) >= 11 is 0. The SMILES string of the molecule is COC(=O)c1cc(-c2ccc(-c3ncco3)cc2)c(S(N)(=O)=O)c(C)c1N. The molecule has 27 heavy (non-hydrogen) atoms. The van der Waals surface area contributed by atoms with E-state index in [1.54, 1.807) is 24.3 Å². The number of hydrogen-bond donors (Lipinski definition) is 2. The number of carbonyl (C=O) groups excluding carboxylic acids is 1. The Morgan fingerprint density at radius 1 is 1.19 bits per heavy atom. The van der Waals surface area contributed by atoms with Crippen LogP contribution in [0.15, 0.2) is 52.1 Å². The van der Waals surface area contributed by atoms with Crippen molar-refractivity contribution in [2.45, 2.75) is 11.8 Å². The summed E-state index contributed by atoms with van der Waals surface area (Å²) in [5, 5.41) is 5.41. The molecule has 4 N–H and O–H groups in total. The Morgan fingerprint density at radius 2 is 1.81 bits per heavy atom. The molecule has 0 radical (unpaired) electrons. The van der Waals surface area contributed by atoms with Crippen LogP contribution in [0.2, 0.25) is 0 Å². The Labute approximate surface area is 155 Å². The number of carbonyl (C=O) groups is 1. The van der Waals surface area contributed by atoms with Crippen LogP contribution >= 0.6 is 0 Å². The molecule has 3 aromatic rings. The van der Waals surface area contributed by atoms with Gasteiger partial charge in [-0.3, -0.25) is 0 Å². The van der Waals surface area contributed by atoms with Gasteiger partial charge in [0.05, 0.1) is 29.5 Å². The van der Waals surface area contributed by atoms with E-state index in [2.05, 4.69) is 4.98 Å². The van der Waals surface area contributed by atoms with Gasteiger partial charge in [-0.15, -0.1) is 0 Å². The molecule has 0 saturated heterocycles. The molecule has 0 aliphatic rings. The molecular weight excluding hydrogens is 370 g/mol. The van der Waals surface area contributed by atoms with Gasteiger partial charge < -0.3 is 14.9 Å². The van der Waals surface area contributed by atoms with Crippen LogP contribution in [0.5, 0.6) is 0 Å². The first kappa shape index (κ1) is 18.6. The fraction of sp³-hybridized carbons (Fsp3) is 0.111. The number of esters is 1. The van der Waals surface area contributed by atoms with Crippen LogP contribution in [0.25, 0.3) is 22.6 Å². The van der Waals surface area contributed by atoms with E-state index in [0.717, 1.165) is 0 Å². The number of ether oxygens (including phenoxy) is 1. The first-order valence-corrected chi connectivity index (χ1v) is 9.33. The van der Waals surface area contributed by atoms with Gasteiger partial charge in [-0.2, -0.15) is 0 Å². The second-order valence-corrected chi connectivity index (χ2v) is 7.29. The number of nitrogens with two attached hydrogens (primary N) is 2. The van der Waals surface area contributed by atoms with E-state index in [4.69, 9.17) is 20.0 Å². The van der Waals surface area contributed by atoms with Crippen molar-refractivity contribution in [3.63, 3.8) is 0 Å². The molecule has 0 saturated carbocycles. The topological polar surface area (TPSA) is 139 Å². The molecule has 0 spiro atoms. The molecule has 0 amide bonds. The summed E-state index contributed by atoms with van der Waals surface area (Å²) in [7, 11) is -2.88. The number of hydrogen-bond acceptors (Lipinski definition) is 7. The summed E-state index contributed by atoms with van der Waals surface area (Å²) in [4.78, 5) is 16.0. The number of rotatable bonds is 4. The maximum Gasteiger partial charge on any atom is 0.339 e. The standard InChI is InChI=1S/C18H17N3O5S/c1-10-15(19)14(18(22)25-2)9-13(16(10)27(20,23)24)11-3-5-12(6-4-11)17-21-7-8-26-17/h3-9H,19H2,1-2H3,(H2,20,23,24). The van der Waals surface area contributed by atoms with E-state index >= 15 is 0 Å². The molecule has 1 aromatic heterocycles. The van der Waals surface area contributed by atoms with E-state index in [1.165, 1.54) is 32.6 Å². The summed E-state index contributed by atoms with van der Waals surface area (Å²) in [5.74, 6) is -0.244. The normalized spacial score (nSPS) is 11.4. The molecule has 0 fully saturated rings. The van der Waals surface area contributed by atoms with Gasteiger partial charge in [-0.25, -0.2) is 23.3 Å². The molecule has 3 rings (SSSR count). The Bertz CT molecular complexity index is 1100. The number of primary sulfonamides is 1. The molecule has 9 heteroatoms. The highest BCUT2D eigenvalue weighted by Gasteiger charge is 2.25. The maximum atomic E-state index is 12.2. The monoisotopic (exact) mass is 387 g/mol. The molecule has 0 aliphatic carbocycles. The molecule has 140 valence electrons. The fourth-order valence-corrected chi connectivity index (χ4v) is 3.85. The van der Waals surface area contributed by atoms with Crippen molar-refractivity contribution in [3.05, 3.63) is 53.9 Å². The summed E-state index contributed by atoms with van der Waals surface area (Å²) in [5.41, 5.74) is 7.70. The zero-order valence-corrected chi connectivity index (χ0v) is 15.4. The lowest BCUT2D eigenvalue weighted by Gasteiger charge is -2.16. The average molecular weight is 387 g/mol. The minimum atomic E-state index is -4.10. The second kappa shape index (κ2) is 6.86. The Balaban J connectivity index is 2.24. The molecule has 1 heterocycles. The number of nitrogen functional groups attached to an aromatic ring is 1. The smallest absolute Gasteiger partial charge is 0.339 e. The third-order valence-corrected chi connectivity index (χ3v) is 5.23. The molecule has 0 aliphatic heterocycles. The maximum absolute atomic E-state index is 12.2. The third-order valence-electron chi connectivity index (χ3n) is 4.13. The van der Waals surface area contributed by atoms with Gasteiger partial charge in [0.15, 0.2) is 0 Å². The minimum absolute atomic E-state index is 0.00558. The van der Waals surface area contributed by atoms with E-state index in [0.29, 0.717) is 17.0 Å². The van der Waals surface area contributed by atoms with E-state index in [-0.39, 0.29) is 27.3 Å². The molecule has 8 nitrogen and oxygen atoms in total. The van der Waals surface area contributed by atoms with Crippen molar-refractivity contribution in [3.8, 4) is 22.6 Å². The number of sulfonamides is 1. The van der Waals surface area contributed by atoms with Crippen molar-refractivity contribution in [2.24, 2.45) is 5.14 Å². The van der Waals surface area contributed by atoms with Gasteiger partial charge in [0.2, 0.25) is 15.9 Å². The van der Waals surface area contributed by atoms with Crippen molar-refractivity contribution in [1.29, 1.82) is 0 Å². The highest BCUT2D eigenvalue weighted by Crippen LogP contribution is 2.36. The first-order chi connectivity index (χ1) is 12.7. The van der Waals surface area contributed by atoms with Gasteiger partial charge in [-0.1, -0.05) is 12.1 Å². The molecule has 0 unspecified atom stereocenters. The molecule has 2 aromatic carbocycles. The highest BCUT2D eigenvalue weighted by atomic mass is 32.2. The number of aromatic nitrogens is 1. The fourth-order valence-electron chi connectivity index (χ4n) is 2.83. The van der Waals surface area contributed by atoms with Gasteiger partial charge in [0.25, 0.3) is 0 Å². The lowest BCUT2D eigenvalue weighted by molar-refractivity contribution is 0.0602. The van der Waals surface area contributed by atoms with Crippen LogP contribution in [0.1, 0.15) is 15.9 Å². The van der Waals surface area contributed by atoms with Gasteiger partial charge in [-0.05, 0) is 36.2 Å². The van der Waals surface area contributed by atoms with Crippen molar-refractivity contribution >= 4 is 21.7 Å². The predicted molar refractivity (Wildman–Crippen MR) is 99.2 cm³/mol. The number of anilines is 1. The highest BCUT2D eigenvalue weighted by molar-refractivity contribution is 7.89. The van der Waals surface area contributed by atoms with E-state index in [9.17, 15) is 13.2 Å². The summed E-state index contributed by atoms with van der Waals surface area (Å²) < 4.78 is 34.3. The lowest BCUT2D eigenvalue weighted by atomic mass is 9.97. The number of nitrogens with zero attached hydrogens (tertiary/aromatic N) is 1. The Morgan fingerprint density at radius 3 is 2.33 bits per heavy atom. The van der Waals surface area contributed by atoms with Gasteiger partial charge in [0, 0.05) is 11.1 Å². The second-order valence-electron chi connectivity index (χ2n) is 5.79. The number of benzene rings is 2. The van der Waals surface area contributed by atoms with Crippen LogP contribution < -0.4 is 10.9 Å². The lowest BCUT2D eigenvalue weighted by Crippen LogP contribution is -2.18. The Hall–Kier alpha value is -3.17. The first-order valence-electron chi connectivity index (χ1n) is 7.78. The summed E-state index contributed by atoms with van der Waals surface area (Å²) in [6.45, 7) is 1.49. The van der Waals surface area contributed by atoms with Crippen molar-refractivity contribution in [1.82, 2.24) is 4.98 Å². The van der Waals surface area contributed by atoms with Crippen molar-refractivity contribution in [2.75, 3.05) is 12.8 Å². The van der Waals surface area contributed by atoms with Crippen LogP contribution in [0.4, 0.5) is 5.69 Å². The average Bonchev–Trinajstić information content (AvgIpc) is 3.17. The summed E-state index contributed by atoms with van der Waals surface area (Å²) in [6.07, 6.45) is 2.97. The minimum Gasteiger partial charge on any atom is -0.465 e. The van der Waals surface area contributed by atoms with Crippen LogP contribution in [-0.2, 0) is 14.8 Å². The number of methoxy groups -OCH3 is 1. The predicted octanol–water partition coefficient (Wildman–Crippen LogP) is 2.33. The van der Waals surface area contributed by atoms with Crippen LogP contribution in [0, 0.1) is 6.92 Å². The Kier molecular flexibility index (Phi) is 4.73. The van der Waals surface area contributed by atoms with Gasteiger partial charge >= 0.3 is 5.97 Å². The zero-order chi connectivity index (χ0) is 19.8. The molecule has 0 atom stereocenters. The van der Waals surface area contributed by atoms with Crippen LogP contribution in [0.3, 0.4) is 0 Å². The third kappa shape index (κ3) is 3.42. The number of oxazole rings is 1. The van der Waals surface area contributed by atoms with E-state index < -0.39 is 16.0 Å². The van der Waals surface area contributed by atoms with Crippen LogP contribution in [-0.4, -0.2) is 26.5 Å². The molecular formula is C18H17N3O5S. The van der Waals surface area contributed by atoms with Gasteiger partial charge in [0.1, 0.15) is 6.26 Å². The summed E-state index contributed by atoms with van der Waals surface area (Å²) in [6, 6.07) is 8.17.